The maximum Gasteiger partial charge on any atom is 0.246 e. The highest BCUT2D eigenvalue weighted by molar-refractivity contribution is 6.30. The van der Waals surface area contributed by atoms with Gasteiger partial charge in [-0.1, -0.05) is 48.0 Å². The molecule has 0 aliphatic carbocycles. The summed E-state index contributed by atoms with van der Waals surface area (Å²) >= 11 is 5.90. The number of carbonyl (C=O) groups excluding carboxylic acids is 1. The number of nitrogens with one attached hydrogen (secondary N) is 4. The highest BCUT2D eigenvalue weighted by atomic mass is 35.5. The summed E-state index contributed by atoms with van der Waals surface area (Å²) in [6.45, 7) is 1.73. The summed E-state index contributed by atoms with van der Waals surface area (Å²) in [5, 5.41) is 12.8. The number of carbonyl (C=O) groups is 1. The van der Waals surface area contributed by atoms with Crippen molar-refractivity contribution in [1.82, 2.24) is 15.0 Å². The molecule has 1 heterocycles. The van der Waals surface area contributed by atoms with Crippen LogP contribution >= 0.6 is 11.6 Å². The molecule has 0 bridgehead atoms. The van der Waals surface area contributed by atoms with Gasteiger partial charge in [0, 0.05) is 22.1 Å². The third-order valence-electron chi connectivity index (χ3n) is 4.55. The SMILES string of the molecule is CC(Nc1nc(Nc2ccccc2)nc(Nc2ccccc2)n1)C(=O)Nc1ccc(Cl)cc1. The van der Waals surface area contributed by atoms with Gasteiger partial charge in [-0.25, -0.2) is 0 Å². The summed E-state index contributed by atoms with van der Waals surface area (Å²) < 4.78 is 0. The van der Waals surface area contributed by atoms with Crippen LogP contribution in [0.15, 0.2) is 84.9 Å². The molecule has 1 unspecified atom stereocenters. The minimum Gasteiger partial charge on any atom is -0.342 e. The summed E-state index contributed by atoms with van der Waals surface area (Å²) in [5.74, 6) is 0.679. The maximum atomic E-state index is 12.6. The lowest BCUT2D eigenvalue weighted by molar-refractivity contribution is -0.116. The minimum atomic E-state index is -0.614. The predicted octanol–water partition coefficient (Wildman–Crippen LogP) is 5.45. The van der Waals surface area contributed by atoms with Gasteiger partial charge in [-0.2, -0.15) is 15.0 Å². The quantitative estimate of drug-likeness (QED) is 0.277. The van der Waals surface area contributed by atoms with Gasteiger partial charge in [0.25, 0.3) is 0 Å². The van der Waals surface area contributed by atoms with Crippen molar-refractivity contribution in [1.29, 1.82) is 0 Å². The molecule has 4 rings (SSSR count). The van der Waals surface area contributed by atoms with Crippen molar-refractivity contribution in [3.63, 3.8) is 0 Å². The molecule has 166 valence electrons. The fraction of sp³-hybridized carbons (Fsp3) is 0.0833. The van der Waals surface area contributed by atoms with Crippen molar-refractivity contribution in [2.24, 2.45) is 0 Å². The summed E-state index contributed by atoms with van der Waals surface area (Å²) in [6.07, 6.45) is 0. The maximum absolute atomic E-state index is 12.6. The van der Waals surface area contributed by atoms with Crippen molar-refractivity contribution in [3.8, 4) is 0 Å². The Morgan fingerprint density at radius 3 is 1.70 bits per heavy atom. The number of amides is 1. The number of para-hydroxylation sites is 2. The fourth-order valence-electron chi connectivity index (χ4n) is 2.90. The van der Waals surface area contributed by atoms with Gasteiger partial charge in [0.15, 0.2) is 0 Å². The van der Waals surface area contributed by atoms with Crippen LogP contribution in [-0.4, -0.2) is 26.9 Å². The first-order chi connectivity index (χ1) is 16.0. The lowest BCUT2D eigenvalue weighted by Gasteiger charge is -2.16. The molecule has 1 aromatic heterocycles. The first kappa shape index (κ1) is 22.0. The highest BCUT2D eigenvalue weighted by Crippen LogP contribution is 2.19. The van der Waals surface area contributed by atoms with E-state index < -0.39 is 6.04 Å². The van der Waals surface area contributed by atoms with Gasteiger partial charge >= 0.3 is 0 Å². The molecule has 3 aromatic carbocycles. The normalized spacial score (nSPS) is 11.3. The van der Waals surface area contributed by atoms with Crippen molar-refractivity contribution in [3.05, 3.63) is 90.0 Å². The van der Waals surface area contributed by atoms with Crippen molar-refractivity contribution in [2.45, 2.75) is 13.0 Å². The zero-order valence-electron chi connectivity index (χ0n) is 17.8. The summed E-state index contributed by atoms with van der Waals surface area (Å²) in [7, 11) is 0. The van der Waals surface area contributed by atoms with Gasteiger partial charge in [-0.15, -0.1) is 0 Å². The van der Waals surface area contributed by atoms with E-state index in [1.165, 1.54) is 0 Å². The van der Waals surface area contributed by atoms with Crippen molar-refractivity contribution >= 4 is 52.4 Å². The molecule has 0 saturated heterocycles. The molecular formula is C24H22ClN7O. The number of nitrogens with zero attached hydrogens (tertiary/aromatic N) is 3. The average Bonchev–Trinajstić information content (AvgIpc) is 2.82. The number of anilines is 6. The van der Waals surface area contributed by atoms with E-state index in [9.17, 15) is 4.79 Å². The Morgan fingerprint density at radius 2 is 1.18 bits per heavy atom. The lowest BCUT2D eigenvalue weighted by Crippen LogP contribution is -2.32. The van der Waals surface area contributed by atoms with E-state index in [4.69, 9.17) is 11.6 Å². The Labute approximate surface area is 196 Å². The van der Waals surface area contributed by atoms with E-state index in [0.717, 1.165) is 11.4 Å². The van der Waals surface area contributed by atoms with E-state index in [1.54, 1.807) is 31.2 Å². The number of hydrogen-bond donors (Lipinski definition) is 4. The van der Waals surface area contributed by atoms with E-state index >= 15 is 0 Å². The number of benzene rings is 3. The van der Waals surface area contributed by atoms with Gasteiger partial charge in [-0.3, -0.25) is 4.79 Å². The molecule has 0 spiro atoms. The predicted molar refractivity (Wildman–Crippen MR) is 132 cm³/mol. The monoisotopic (exact) mass is 459 g/mol. The second-order valence-corrected chi connectivity index (χ2v) is 7.59. The van der Waals surface area contributed by atoms with Gasteiger partial charge in [0.2, 0.25) is 23.8 Å². The Kier molecular flexibility index (Phi) is 6.96. The van der Waals surface area contributed by atoms with Crippen LogP contribution in [0.4, 0.5) is 34.9 Å². The molecule has 0 aliphatic heterocycles. The van der Waals surface area contributed by atoms with Crippen LogP contribution in [0.25, 0.3) is 0 Å². The van der Waals surface area contributed by atoms with E-state index in [1.807, 2.05) is 60.7 Å². The van der Waals surface area contributed by atoms with Crippen molar-refractivity contribution in [2.75, 3.05) is 21.3 Å². The molecule has 1 atom stereocenters. The number of rotatable bonds is 8. The van der Waals surface area contributed by atoms with Crippen LogP contribution in [0.3, 0.4) is 0 Å². The molecule has 0 saturated carbocycles. The number of halogens is 1. The third kappa shape index (κ3) is 6.41. The molecule has 0 radical (unpaired) electrons. The molecule has 0 aliphatic rings. The van der Waals surface area contributed by atoms with Crippen LogP contribution in [0, 0.1) is 0 Å². The number of hydrogen-bond acceptors (Lipinski definition) is 7. The standard InChI is InChI=1S/C24H22ClN7O/c1-16(21(33)27-20-14-12-17(25)13-15-20)26-22-30-23(28-18-8-4-2-5-9-18)32-24(31-22)29-19-10-6-3-7-11-19/h2-16H,1H3,(H,27,33)(H3,26,28,29,30,31,32). The summed E-state index contributed by atoms with van der Waals surface area (Å²) in [6, 6.07) is 25.4. The zero-order valence-corrected chi connectivity index (χ0v) is 18.5. The fourth-order valence-corrected chi connectivity index (χ4v) is 3.02. The molecule has 33 heavy (non-hydrogen) atoms. The molecule has 0 fully saturated rings. The van der Waals surface area contributed by atoms with E-state index in [0.29, 0.717) is 22.6 Å². The first-order valence-electron chi connectivity index (χ1n) is 10.3. The Morgan fingerprint density at radius 1 is 0.697 bits per heavy atom. The Bertz CT molecular complexity index is 1140. The van der Waals surface area contributed by atoms with Gasteiger partial charge in [0.05, 0.1) is 0 Å². The van der Waals surface area contributed by atoms with Gasteiger partial charge in [-0.05, 0) is 55.5 Å². The van der Waals surface area contributed by atoms with E-state index in [2.05, 4.69) is 36.2 Å². The van der Waals surface area contributed by atoms with Crippen LogP contribution in [0.5, 0.6) is 0 Å². The average molecular weight is 460 g/mol. The smallest absolute Gasteiger partial charge is 0.246 e. The van der Waals surface area contributed by atoms with Crippen LogP contribution in [0.2, 0.25) is 5.02 Å². The minimum absolute atomic E-state index is 0.243. The van der Waals surface area contributed by atoms with Crippen LogP contribution in [0.1, 0.15) is 6.92 Å². The summed E-state index contributed by atoms with van der Waals surface area (Å²) in [4.78, 5) is 26.0. The Balaban J connectivity index is 1.53. The molecule has 9 heteroatoms. The van der Waals surface area contributed by atoms with E-state index in [-0.39, 0.29) is 11.9 Å². The molecule has 8 nitrogen and oxygen atoms in total. The zero-order chi connectivity index (χ0) is 23.0. The molecular weight excluding hydrogens is 438 g/mol. The van der Waals surface area contributed by atoms with Gasteiger partial charge < -0.3 is 21.3 Å². The second kappa shape index (κ2) is 10.4. The Hall–Kier alpha value is -4.17. The second-order valence-electron chi connectivity index (χ2n) is 7.15. The number of aromatic nitrogens is 3. The largest absolute Gasteiger partial charge is 0.342 e. The van der Waals surface area contributed by atoms with Crippen LogP contribution < -0.4 is 21.3 Å². The van der Waals surface area contributed by atoms with Crippen LogP contribution in [-0.2, 0) is 4.79 Å². The molecule has 4 N–H and O–H groups in total. The first-order valence-corrected chi connectivity index (χ1v) is 10.7. The lowest BCUT2D eigenvalue weighted by atomic mass is 10.2. The van der Waals surface area contributed by atoms with Crippen molar-refractivity contribution < 1.29 is 4.79 Å². The topological polar surface area (TPSA) is 104 Å². The third-order valence-corrected chi connectivity index (χ3v) is 4.80. The molecule has 4 aromatic rings. The summed E-state index contributed by atoms with van der Waals surface area (Å²) in [5.41, 5.74) is 2.30. The van der Waals surface area contributed by atoms with Gasteiger partial charge in [0.1, 0.15) is 6.04 Å². The molecule has 1 amide bonds. The highest BCUT2D eigenvalue weighted by Gasteiger charge is 2.16.